The summed E-state index contributed by atoms with van der Waals surface area (Å²) in [5.74, 6) is 1.06. The van der Waals surface area contributed by atoms with Crippen molar-refractivity contribution < 1.29 is 9.63 Å². The maximum atomic E-state index is 13.0. The molecule has 130 valence electrons. The Bertz CT molecular complexity index is 730. The maximum Gasteiger partial charge on any atom is 0.242 e. The lowest BCUT2D eigenvalue weighted by Gasteiger charge is -2.29. The first-order valence-corrected chi connectivity index (χ1v) is 9.04. The van der Waals surface area contributed by atoms with E-state index in [1.54, 1.807) is 7.11 Å². The van der Waals surface area contributed by atoms with E-state index in [0.29, 0.717) is 0 Å². The van der Waals surface area contributed by atoms with Crippen LogP contribution in [0, 0.1) is 5.92 Å². The van der Waals surface area contributed by atoms with Gasteiger partial charge in [-0.3, -0.25) is 4.79 Å². The van der Waals surface area contributed by atoms with Gasteiger partial charge in [0.2, 0.25) is 5.91 Å². The van der Waals surface area contributed by atoms with E-state index in [1.165, 1.54) is 0 Å². The fraction of sp³-hybridized carbons (Fsp3) is 0.529. The highest BCUT2D eigenvalue weighted by Crippen LogP contribution is 2.32. The van der Waals surface area contributed by atoms with Crippen LogP contribution in [-0.4, -0.2) is 40.5 Å². The van der Waals surface area contributed by atoms with Crippen LogP contribution in [0.1, 0.15) is 38.6 Å². The van der Waals surface area contributed by atoms with Gasteiger partial charge in [-0.15, -0.1) is 0 Å². The zero-order valence-electron chi connectivity index (χ0n) is 14.2. The predicted octanol–water partition coefficient (Wildman–Crippen LogP) is 3.16. The Morgan fingerprint density at radius 1 is 1.50 bits per heavy atom. The maximum absolute atomic E-state index is 13.0. The standard InChI is InChI=1S/C17H23BrN4O2/c1-10(2)15(21-24-3)17(23)22-8-4-5-14(22)16-19-12-7-6-11(18)9-13(12)20-16/h6-7,9-10,14-15,21H,4-5,8H2,1-3H3,(H,19,20)/t14-,15-/m0/s1. The highest BCUT2D eigenvalue weighted by Gasteiger charge is 2.36. The molecule has 0 unspecified atom stereocenters. The number of imidazole rings is 1. The molecule has 0 aliphatic carbocycles. The van der Waals surface area contributed by atoms with Gasteiger partial charge in [-0.1, -0.05) is 29.8 Å². The van der Waals surface area contributed by atoms with Gasteiger partial charge in [0.1, 0.15) is 11.9 Å². The molecule has 1 saturated heterocycles. The minimum atomic E-state index is -0.353. The first-order valence-electron chi connectivity index (χ1n) is 8.25. The molecule has 6 nitrogen and oxygen atoms in total. The number of amides is 1. The lowest BCUT2D eigenvalue weighted by atomic mass is 10.0. The van der Waals surface area contributed by atoms with Crippen molar-refractivity contribution in [2.24, 2.45) is 5.92 Å². The Kier molecular flexibility index (Phi) is 5.22. The Morgan fingerprint density at radius 2 is 2.29 bits per heavy atom. The van der Waals surface area contributed by atoms with Crippen molar-refractivity contribution in [2.45, 2.75) is 38.8 Å². The number of nitrogens with one attached hydrogen (secondary N) is 2. The van der Waals surface area contributed by atoms with Crippen molar-refractivity contribution in [1.29, 1.82) is 0 Å². The number of carbonyl (C=O) groups excluding carboxylic acids is 1. The molecule has 0 spiro atoms. The SMILES string of the molecule is CON[C@H](C(=O)N1CCC[C@H]1c1nc2ccc(Br)cc2[nH]1)C(C)C. The number of hydrogen-bond donors (Lipinski definition) is 2. The number of carbonyl (C=O) groups is 1. The fourth-order valence-electron chi connectivity index (χ4n) is 3.25. The summed E-state index contributed by atoms with van der Waals surface area (Å²) in [7, 11) is 1.54. The van der Waals surface area contributed by atoms with Gasteiger partial charge in [0.25, 0.3) is 0 Å². The minimum Gasteiger partial charge on any atom is -0.340 e. The molecular formula is C17H23BrN4O2. The lowest BCUT2D eigenvalue weighted by molar-refractivity contribution is -0.139. The van der Waals surface area contributed by atoms with Crippen LogP contribution >= 0.6 is 15.9 Å². The molecule has 1 fully saturated rings. The molecule has 1 amide bonds. The third-order valence-electron chi connectivity index (χ3n) is 4.49. The average molecular weight is 395 g/mol. The van der Waals surface area contributed by atoms with E-state index in [0.717, 1.165) is 40.7 Å². The van der Waals surface area contributed by atoms with E-state index in [1.807, 2.05) is 36.9 Å². The minimum absolute atomic E-state index is 0.0106. The number of H-pyrrole nitrogens is 1. The first kappa shape index (κ1) is 17.4. The second kappa shape index (κ2) is 7.21. The fourth-order valence-corrected chi connectivity index (χ4v) is 3.61. The number of likely N-dealkylation sites (tertiary alicyclic amines) is 1. The number of aromatic nitrogens is 2. The summed E-state index contributed by atoms with van der Waals surface area (Å²) in [4.78, 5) is 28.0. The second-order valence-corrected chi connectivity index (χ2v) is 7.43. The van der Waals surface area contributed by atoms with Crippen molar-refractivity contribution in [3.05, 3.63) is 28.5 Å². The normalized spacial score (nSPS) is 19.4. The molecule has 2 N–H and O–H groups in total. The molecule has 1 aromatic carbocycles. The monoisotopic (exact) mass is 394 g/mol. The van der Waals surface area contributed by atoms with Crippen molar-refractivity contribution in [2.75, 3.05) is 13.7 Å². The van der Waals surface area contributed by atoms with Crippen LogP contribution in [0.3, 0.4) is 0 Å². The number of nitrogens with zero attached hydrogens (tertiary/aromatic N) is 2. The number of hydroxylamine groups is 1. The number of aromatic amines is 1. The van der Waals surface area contributed by atoms with Crippen molar-refractivity contribution in [1.82, 2.24) is 20.3 Å². The number of fused-ring (bicyclic) bond motifs is 1. The van der Waals surface area contributed by atoms with Crippen LogP contribution in [-0.2, 0) is 9.63 Å². The Morgan fingerprint density at radius 3 is 3.00 bits per heavy atom. The van der Waals surface area contributed by atoms with Crippen molar-refractivity contribution in [3.8, 4) is 0 Å². The predicted molar refractivity (Wildman–Crippen MR) is 96.3 cm³/mol. The number of benzene rings is 1. The molecule has 0 saturated carbocycles. The number of rotatable bonds is 5. The summed E-state index contributed by atoms with van der Waals surface area (Å²) >= 11 is 3.48. The smallest absolute Gasteiger partial charge is 0.242 e. The van der Waals surface area contributed by atoms with Gasteiger partial charge in [0.05, 0.1) is 24.2 Å². The number of hydrogen-bond acceptors (Lipinski definition) is 4. The quantitative estimate of drug-likeness (QED) is 0.764. The summed E-state index contributed by atoms with van der Waals surface area (Å²) in [6, 6.07) is 5.60. The Hall–Kier alpha value is -1.44. The van der Waals surface area contributed by atoms with E-state index in [4.69, 9.17) is 9.82 Å². The van der Waals surface area contributed by atoms with Crippen LogP contribution in [0.4, 0.5) is 0 Å². The van der Waals surface area contributed by atoms with E-state index in [-0.39, 0.29) is 23.9 Å². The van der Waals surface area contributed by atoms with Crippen LogP contribution in [0.15, 0.2) is 22.7 Å². The Balaban J connectivity index is 1.87. The average Bonchev–Trinajstić information content (AvgIpc) is 3.17. The molecule has 1 aliphatic rings. The lowest BCUT2D eigenvalue weighted by Crippen LogP contribution is -2.48. The highest BCUT2D eigenvalue weighted by atomic mass is 79.9. The molecule has 1 aromatic heterocycles. The molecule has 3 rings (SSSR count). The van der Waals surface area contributed by atoms with E-state index < -0.39 is 0 Å². The van der Waals surface area contributed by atoms with Gasteiger partial charge in [0.15, 0.2) is 0 Å². The van der Waals surface area contributed by atoms with E-state index >= 15 is 0 Å². The molecule has 0 radical (unpaired) electrons. The largest absolute Gasteiger partial charge is 0.340 e. The summed E-state index contributed by atoms with van der Waals surface area (Å²) in [6.45, 7) is 4.77. The zero-order chi connectivity index (χ0) is 17.3. The zero-order valence-corrected chi connectivity index (χ0v) is 15.8. The second-order valence-electron chi connectivity index (χ2n) is 6.52. The summed E-state index contributed by atoms with van der Waals surface area (Å²) in [5.41, 5.74) is 4.74. The summed E-state index contributed by atoms with van der Waals surface area (Å²) in [6.07, 6.45) is 1.90. The van der Waals surface area contributed by atoms with Gasteiger partial charge >= 0.3 is 0 Å². The van der Waals surface area contributed by atoms with Gasteiger partial charge in [0, 0.05) is 11.0 Å². The molecule has 1 aliphatic heterocycles. The molecule has 0 bridgehead atoms. The van der Waals surface area contributed by atoms with E-state index in [9.17, 15) is 4.79 Å². The van der Waals surface area contributed by atoms with Gasteiger partial charge in [-0.25, -0.2) is 4.98 Å². The molecule has 2 heterocycles. The van der Waals surface area contributed by atoms with E-state index in [2.05, 4.69) is 26.4 Å². The van der Waals surface area contributed by atoms with Crippen LogP contribution < -0.4 is 5.48 Å². The summed E-state index contributed by atoms with van der Waals surface area (Å²) < 4.78 is 1.01. The topological polar surface area (TPSA) is 70.2 Å². The highest BCUT2D eigenvalue weighted by molar-refractivity contribution is 9.10. The summed E-state index contributed by atoms with van der Waals surface area (Å²) in [5, 5.41) is 0. The molecule has 2 aromatic rings. The Labute approximate surface area is 150 Å². The van der Waals surface area contributed by atoms with Gasteiger partial charge in [-0.2, -0.15) is 5.48 Å². The molecule has 7 heteroatoms. The molecule has 2 atom stereocenters. The molecule has 24 heavy (non-hydrogen) atoms. The van der Waals surface area contributed by atoms with Crippen molar-refractivity contribution >= 4 is 32.9 Å². The first-order chi connectivity index (χ1) is 11.5. The van der Waals surface area contributed by atoms with Crippen molar-refractivity contribution in [3.63, 3.8) is 0 Å². The van der Waals surface area contributed by atoms with Gasteiger partial charge < -0.3 is 14.7 Å². The third kappa shape index (κ3) is 3.34. The van der Waals surface area contributed by atoms with Crippen LogP contribution in [0.25, 0.3) is 11.0 Å². The van der Waals surface area contributed by atoms with Crippen LogP contribution in [0.5, 0.6) is 0 Å². The molecular weight excluding hydrogens is 372 g/mol. The number of halogens is 1. The van der Waals surface area contributed by atoms with Crippen LogP contribution in [0.2, 0.25) is 0 Å². The van der Waals surface area contributed by atoms with Gasteiger partial charge in [-0.05, 0) is 37.0 Å². The third-order valence-corrected chi connectivity index (χ3v) is 4.98.